The van der Waals surface area contributed by atoms with Crippen molar-refractivity contribution in [3.63, 3.8) is 0 Å². The van der Waals surface area contributed by atoms with Gasteiger partial charge in [0.1, 0.15) is 17.1 Å². The van der Waals surface area contributed by atoms with Crippen LogP contribution < -0.4 is 0 Å². The van der Waals surface area contributed by atoms with E-state index in [1.807, 2.05) is 0 Å². The number of ketones is 1. The second-order valence-corrected chi connectivity index (χ2v) is 13.2. The van der Waals surface area contributed by atoms with Crippen LogP contribution in [0.2, 0.25) is 0 Å². The van der Waals surface area contributed by atoms with Crippen molar-refractivity contribution in [1.82, 2.24) is 4.98 Å². The largest absolute Gasteiger partial charge is 0.445 e. The fourth-order valence-corrected chi connectivity index (χ4v) is 9.53. The molecule has 1 aromatic heterocycles. The fraction of sp³-hybridized carbons (Fsp3) is 0.630. The predicted molar refractivity (Wildman–Crippen MR) is 137 cm³/mol. The Labute approximate surface area is 227 Å². The molecule has 1 unspecified atom stereocenters. The predicted octanol–water partition coefficient (Wildman–Crippen LogP) is 5.10. The highest BCUT2D eigenvalue weighted by Gasteiger charge is 2.78. The van der Waals surface area contributed by atoms with Crippen molar-refractivity contribution in [2.24, 2.45) is 28.6 Å². The van der Waals surface area contributed by atoms with Crippen LogP contribution in [0.3, 0.4) is 0 Å². The molecular weight excluding hydrogens is 539 g/mol. The third-order valence-corrected chi connectivity index (χ3v) is 11.4. The van der Waals surface area contributed by atoms with Crippen LogP contribution in [0.15, 0.2) is 29.3 Å². The summed E-state index contributed by atoms with van der Waals surface area (Å²) in [5, 5.41) is 10.8. The second-order valence-electron chi connectivity index (χ2n) is 11.4. The monoisotopic (exact) mass is 569 g/mol. The van der Waals surface area contributed by atoms with Gasteiger partial charge in [-0.25, -0.2) is 22.9 Å². The van der Waals surface area contributed by atoms with Crippen molar-refractivity contribution in [3.05, 3.63) is 39.9 Å². The summed E-state index contributed by atoms with van der Waals surface area (Å²) in [7, 11) is 0. The molecule has 3 fully saturated rings. The number of rotatable bonds is 4. The first-order valence-corrected chi connectivity index (χ1v) is 14.5. The molecule has 0 radical (unpaired) electrons. The molecule has 6 nitrogen and oxygen atoms in total. The molecule has 1 aromatic rings. The highest BCUT2D eigenvalue weighted by molar-refractivity contribution is 8.13. The van der Waals surface area contributed by atoms with Gasteiger partial charge in [0.25, 0.3) is 0 Å². The standard InChI is InChI=1S/C27H30F3NO5S2/c1-13-7-16-17-9-19(29)18-8-15(32)5-6-24(18,3)26(17,30)20(33)10-25(16,4)27(13,23(35)37-11-28)36-22(34)21-14(2)31-12-38-21/h5-6,8,12-13,16-17,19-20,33H,7,9-11H2,1-4H3/t13-,16+,17+,19?,20+,24+,25+,26+,27+/m1/s1. The van der Waals surface area contributed by atoms with Gasteiger partial charge in [-0.2, -0.15) is 0 Å². The van der Waals surface area contributed by atoms with E-state index in [1.54, 1.807) is 20.8 Å². The van der Waals surface area contributed by atoms with Crippen LogP contribution in [0.4, 0.5) is 13.2 Å². The first kappa shape index (κ1) is 27.6. The Morgan fingerprint density at radius 1 is 1.29 bits per heavy atom. The van der Waals surface area contributed by atoms with Gasteiger partial charge in [-0.3, -0.25) is 9.59 Å². The molecule has 0 bridgehead atoms. The summed E-state index contributed by atoms with van der Waals surface area (Å²) in [6.07, 6.45) is -0.0246. The van der Waals surface area contributed by atoms with Gasteiger partial charge in [0, 0.05) is 22.7 Å². The van der Waals surface area contributed by atoms with Gasteiger partial charge in [0.05, 0.1) is 17.3 Å². The third-order valence-electron chi connectivity index (χ3n) is 9.84. The summed E-state index contributed by atoms with van der Waals surface area (Å²) in [5.41, 5.74) is -5.23. The molecule has 5 rings (SSSR count). The highest BCUT2D eigenvalue weighted by atomic mass is 32.2. The molecule has 1 N–H and O–H groups in total. The van der Waals surface area contributed by atoms with Gasteiger partial charge in [-0.1, -0.05) is 19.9 Å². The van der Waals surface area contributed by atoms with Gasteiger partial charge in [0.2, 0.25) is 5.12 Å². The quantitative estimate of drug-likeness (QED) is 0.505. The van der Waals surface area contributed by atoms with Crippen LogP contribution in [-0.4, -0.2) is 56.5 Å². The molecule has 3 saturated carbocycles. The smallest absolute Gasteiger partial charge is 0.351 e. The molecule has 4 aliphatic rings. The number of aromatic nitrogens is 1. The summed E-state index contributed by atoms with van der Waals surface area (Å²) in [5.74, 6) is -3.63. The zero-order chi connectivity index (χ0) is 27.8. The maximum Gasteiger partial charge on any atom is 0.351 e. The Bertz CT molecular complexity index is 1270. The van der Waals surface area contributed by atoms with Crippen molar-refractivity contribution in [2.75, 3.05) is 6.01 Å². The summed E-state index contributed by atoms with van der Waals surface area (Å²) in [4.78, 5) is 43.3. The molecule has 206 valence electrons. The summed E-state index contributed by atoms with van der Waals surface area (Å²) >= 11 is 1.42. The number of ether oxygens (including phenoxy) is 1. The summed E-state index contributed by atoms with van der Waals surface area (Å²) in [6, 6.07) is -1.05. The van der Waals surface area contributed by atoms with Crippen LogP contribution >= 0.6 is 23.1 Å². The van der Waals surface area contributed by atoms with Crippen molar-refractivity contribution in [1.29, 1.82) is 0 Å². The minimum Gasteiger partial charge on any atom is -0.445 e. The minimum absolute atomic E-state index is 0.000119. The third kappa shape index (κ3) is 3.36. The lowest BCUT2D eigenvalue weighted by Gasteiger charge is -2.63. The topological polar surface area (TPSA) is 93.6 Å². The molecule has 0 aromatic carbocycles. The average molecular weight is 570 g/mol. The number of halogens is 3. The van der Waals surface area contributed by atoms with E-state index in [0.717, 1.165) is 17.4 Å². The number of carbonyl (C=O) groups is 3. The molecule has 0 aliphatic heterocycles. The first-order chi connectivity index (χ1) is 17.8. The Hall–Kier alpha value is -1.98. The van der Waals surface area contributed by atoms with E-state index in [0.29, 0.717) is 17.5 Å². The van der Waals surface area contributed by atoms with Crippen LogP contribution in [0.5, 0.6) is 0 Å². The molecule has 0 saturated heterocycles. The van der Waals surface area contributed by atoms with Crippen LogP contribution in [0.25, 0.3) is 0 Å². The molecule has 0 spiro atoms. The molecular formula is C27H30F3NO5S2. The molecule has 4 aliphatic carbocycles. The Balaban J connectivity index is 1.64. The lowest BCUT2D eigenvalue weighted by Crippen LogP contribution is -2.70. The average Bonchev–Trinajstić information content (AvgIpc) is 3.37. The van der Waals surface area contributed by atoms with Gasteiger partial charge in [-0.05, 0) is 68.5 Å². The van der Waals surface area contributed by atoms with E-state index in [4.69, 9.17) is 4.74 Å². The van der Waals surface area contributed by atoms with Crippen LogP contribution in [0, 0.1) is 35.5 Å². The normalized spacial score (nSPS) is 43.6. The Morgan fingerprint density at radius 2 is 2.00 bits per heavy atom. The maximum absolute atomic E-state index is 17.4. The molecule has 0 amide bonds. The number of carbonyl (C=O) groups excluding carboxylic acids is 3. The number of aryl methyl sites for hydroxylation is 1. The summed E-state index contributed by atoms with van der Waals surface area (Å²) in [6.45, 7) is 6.48. The number of fused-ring (bicyclic) bond motifs is 5. The Morgan fingerprint density at radius 3 is 2.63 bits per heavy atom. The van der Waals surface area contributed by atoms with Crippen LogP contribution in [-0.2, 0) is 14.3 Å². The zero-order valence-electron chi connectivity index (χ0n) is 21.5. The molecule has 11 heteroatoms. The van der Waals surface area contributed by atoms with Gasteiger partial charge in [0.15, 0.2) is 17.1 Å². The zero-order valence-corrected chi connectivity index (χ0v) is 23.1. The number of esters is 1. The number of thioether (sulfide) groups is 1. The summed E-state index contributed by atoms with van der Waals surface area (Å²) < 4.78 is 52.7. The molecule has 38 heavy (non-hydrogen) atoms. The lowest BCUT2D eigenvalue weighted by molar-refractivity contribution is -0.221. The van der Waals surface area contributed by atoms with E-state index in [9.17, 15) is 23.9 Å². The van der Waals surface area contributed by atoms with Gasteiger partial charge in [-0.15, -0.1) is 11.3 Å². The molecule has 1 heterocycles. The van der Waals surface area contributed by atoms with E-state index in [1.165, 1.54) is 24.6 Å². The number of hydrogen-bond donors (Lipinski definition) is 1. The van der Waals surface area contributed by atoms with Crippen molar-refractivity contribution >= 4 is 40.0 Å². The minimum atomic E-state index is -2.34. The number of alkyl halides is 3. The van der Waals surface area contributed by atoms with Crippen molar-refractivity contribution < 1.29 is 37.4 Å². The van der Waals surface area contributed by atoms with Crippen LogP contribution in [0.1, 0.15) is 55.4 Å². The number of allylic oxidation sites excluding steroid dienone is 4. The number of nitrogens with zero attached hydrogens (tertiary/aromatic N) is 1. The van der Waals surface area contributed by atoms with E-state index >= 15 is 8.78 Å². The molecule has 9 atom stereocenters. The van der Waals surface area contributed by atoms with Gasteiger partial charge >= 0.3 is 5.97 Å². The first-order valence-electron chi connectivity index (χ1n) is 12.6. The number of thiazole rings is 1. The van der Waals surface area contributed by atoms with E-state index < -0.39 is 75.0 Å². The SMILES string of the molecule is Cc1ncsc1C(=O)O[C@]1(C(=O)SCF)[C@H](C)C[C@H]2[C@@H]3CC(F)C4=CC(=O)C=C[C@]4(C)[C@@]3(F)[C@@H](O)C[C@@]21C. The fourth-order valence-electron chi connectivity index (χ4n) is 8.06. The number of aliphatic hydroxyl groups excluding tert-OH is 1. The highest BCUT2D eigenvalue weighted by Crippen LogP contribution is 2.72. The van der Waals surface area contributed by atoms with Crippen molar-refractivity contribution in [2.45, 2.75) is 70.5 Å². The lowest BCUT2D eigenvalue weighted by atomic mass is 9.44. The Kier molecular flexibility index (Phi) is 6.55. The van der Waals surface area contributed by atoms with E-state index in [2.05, 4.69) is 4.98 Å². The maximum atomic E-state index is 17.4. The number of hydrogen-bond acceptors (Lipinski definition) is 8. The van der Waals surface area contributed by atoms with Crippen molar-refractivity contribution in [3.8, 4) is 0 Å². The second kappa shape index (κ2) is 9.02. The van der Waals surface area contributed by atoms with Gasteiger partial charge < -0.3 is 9.84 Å². The van der Waals surface area contributed by atoms with E-state index in [-0.39, 0.29) is 29.7 Å². The number of aliphatic hydroxyl groups is 1.